The SMILES string of the molecule is CCc1ccc(C=C2SC(=Nc3ccc(OC)cc3)NC2=O)cc1. The van der Waals surface area contributed by atoms with Crippen LogP contribution in [0.25, 0.3) is 6.08 Å². The number of aryl methyl sites for hydroxylation is 1. The Morgan fingerprint density at radius 3 is 2.46 bits per heavy atom. The van der Waals surface area contributed by atoms with E-state index in [-0.39, 0.29) is 5.91 Å². The number of nitrogens with zero attached hydrogens (tertiary/aromatic N) is 1. The molecule has 0 aliphatic carbocycles. The minimum Gasteiger partial charge on any atom is -0.497 e. The zero-order chi connectivity index (χ0) is 16.9. The molecule has 1 heterocycles. The van der Waals surface area contributed by atoms with Gasteiger partial charge in [0.1, 0.15) is 5.75 Å². The van der Waals surface area contributed by atoms with Crippen LogP contribution in [0.5, 0.6) is 5.75 Å². The lowest BCUT2D eigenvalue weighted by Gasteiger charge is -2.00. The van der Waals surface area contributed by atoms with Crippen LogP contribution in [0.15, 0.2) is 58.4 Å². The van der Waals surface area contributed by atoms with Crippen molar-refractivity contribution in [2.45, 2.75) is 13.3 Å². The number of amidine groups is 1. The lowest BCUT2D eigenvalue weighted by atomic mass is 10.1. The molecule has 0 atom stereocenters. The van der Waals surface area contributed by atoms with E-state index >= 15 is 0 Å². The van der Waals surface area contributed by atoms with Crippen LogP contribution in [-0.2, 0) is 11.2 Å². The van der Waals surface area contributed by atoms with Crippen LogP contribution in [0.3, 0.4) is 0 Å². The Morgan fingerprint density at radius 1 is 1.12 bits per heavy atom. The first-order valence-electron chi connectivity index (χ1n) is 7.70. The van der Waals surface area contributed by atoms with Crippen LogP contribution in [0.2, 0.25) is 0 Å². The van der Waals surface area contributed by atoms with Crippen molar-refractivity contribution in [3.05, 3.63) is 64.6 Å². The molecule has 0 saturated carbocycles. The molecule has 1 saturated heterocycles. The van der Waals surface area contributed by atoms with Crippen molar-refractivity contribution in [1.29, 1.82) is 0 Å². The average Bonchev–Trinajstić information content (AvgIpc) is 2.95. The van der Waals surface area contributed by atoms with Gasteiger partial charge in [0.25, 0.3) is 5.91 Å². The van der Waals surface area contributed by atoms with Crippen molar-refractivity contribution in [3.63, 3.8) is 0 Å². The second-order valence-corrected chi connectivity index (χ2v) is 6.31. The van der Waals surface area contributed by atoms with Crippen LogP contribution in [0.4, 0.5) is 5.69 Å². The summed E-state index contributed by atoms with van der Waals surface area (Å²) in [7, 11) is 1.62. The van der Waals surface area contributed by atoms with Crippen LogP contribution >= 0.6 is 11.8 Å². The first-order chi connectivity index (χ1) is 11.7. The average molecular weight is 338 g/mol. The maximum absolute atomic E-state index is 12.1. The fourth-order valence-corrected chi connectivity index (χ4v) is 3.10. The second kappa shape index (κ2) is 7.36. The number of rotatable bonds is 4. The van der Waals surface area contributed by atoms with Gasteiger partial charge in [-0.05, 0) is 59.7 Å². The van der Waals surface area contributed by atoms with E-state index in [0.717, 1.165) is 23.4 Å². The molecule has 0 aromatic heterocycles. The maximum Gasteiger partial charge on any atom is 0.264 e. The molecule has 0 spiro atoms. The Hall–Kier alpha value is -2.53. The standard InChI is InChI=1S/C19H18N2O2S/c1-3-13-4-6-14(7-5-13)12-17-18(22)21-19(24-17)20-15-8-10-16(23-2)11-9-15/h4-12H,3H2,1-2H3,(H,20,21,22). The fourth-order valence-electron chi connectivity index (χ4n) is 2.26. The molecule has 0 bridgehead atoms. The zero-order valence-electron chi connectivity index (χ0n) is 13.6. The fraction of sp³-hybridized carbons (Fsp3) is 0.158. The number of thioether (sulfide) groups is 1. The molecule has 0 radical (unpaired) electrons. The molecule has 1 N–H and O–H groups in total. The molecule has 1 aliphatic rings. The molecule has 1 aliphatic heterocycles. The van der Waals surface area contributed by atoms with Crippen LogP contribution < -0.4 is 10.1 Å². The Bertz CT molecular complexity index is 793. The van der Waals surface area contributed by atoms with Gasteiger partial charge in [0.15, 0.2) is 5.17 Å². The van der Waals surface area contributed by atoms with Gasteiger partial charge in [-0.1, -0.05) is 31.2 Å². The lowest BCUT2D eigenvalue weighted by Crippen LogP contribution is -2.19. The molecule has 4 nitrogen and oxygen atoms in total. The molecule has 24 heavy (non-hydrogen) atoms. The predicted octanol–water partition coefficient (Wildman–Crippen LogP) is 4.15. The molecule has 1 amide bonds. The minimum absolute atomic E-state index is 0.119. The number of ether oxygens (including phenoxy) is 1. The maximum atomic E-state index is 12.1. The minimum atomic E-state index is -0.119. The van der Waals surface area contributed by atoms with Crippen LogP contribution in [-0.4, -0.2) is 18.2 Å². The molecule has 5 heteroatoms. The summed E-state index contributed by atoms with van der Waals surface area (Å²) >= 11 is 1.35. The van der Waals surface area contributed by atoms with E-state index in [4.69, 9.17) is 4.74 Å². The van der Waals surface area contributed by atoms with Crippen LogP contribution in [0, 0.1) is 0 Å². The van der Waals surface area contributed by atoms with Gasteiger partial charge in [-0.2, -0.15) is 0 Å². The van der Waals surface area contributed by atoms with Gasteiger partial charge in [-0.3, -0.25) is 4.79 Å². The summed E-state index contributed by atoms with van der Waals surface area (Å²) in [6.07, 6.45) is 2.89. The molecular formula is C19H18N2O2S. The van der Waals surface area contributed by atoms with Gasteiger partial charge in [0, 0.05) is 0 Å². The van der Waals surface area contributed by atoms with Crippen LogP contribution in [0.1, 0.15) is 18.1 Å². The summed E-state index contributed by atoms with van der Waals surface area (Å²) in [6.45, 7) is 2.12. The number of aliphatic imine (C=N–C) groups is 1. The summed E-state index contributed by atoms with van der Waals surface area (Å²) in [5, 5.41) is 3.38. The van der Waals surface area contributed by atoms with E-state index in [2.05, 4.69) is 29.4 Å². The van der Waals surface area contributed by atoms with Gasteiger partial charge in [-0.25, -0.2) is 4.99 Å². The number of benzene rings is 2. The van der Waals surface area contributed by atoms with Crippen molar-refractivity contribution in [2.75, 3.05) is 7.11 Å². The quantitative estimate of drug-likeness (QED) is 0.852. The normalized spacial score (nSPS) is 17.3. The summed E-state index contributed by atoms with van der Waals surface area (Å²) in [4.78, 5) is 17.2. The van der Waals surface area contributed by atoms with Gasteiger partial charge in [0.2, 0.25) is 0 Å². The highest BCUT2D eigenvalue weighted by Crippen LogP contribution is 2.28. The van der Waals surface area contributed by atoms with E-state index in [0.29, 0.717) is 10.1 Å². The molecular weight excluding hydrogens is 320 g/mol. The van der Waals surface area contributed by atoms with E-state index in [1.54, 1.807) is 7.11 Å². The molecule has 0 unspecified atom stereocenters. The number of amides is 1. The predicted molar refractivity (Wildman–Crippen MR) is 99.6 cm³/mol. The van der Waals surface area contributed by atoms with Gasteiger partial charge >= 0.3 is 0 Å². The highest BCUT2D eigenvalue weighted by Gasteiger charge is 2.23. The number of methoxy groups -OCH3 is 1. The lowest BCUT2D eigenvalue weighted by molar-refractivity contribution is -0.115. The number of hydrogen-bond acceptors (Lipinski definition) is 4. The third-order valence-electron chi connectivity index (χ3n) is 3.64. The van der Waals surface area contributed by atoms with E-state index in [1.807, 2.05) is 42.5 Å². The van der Waals surface area contributed by atoms with Gasteiger partial charge < -0.3 is 10.1 Å². The van der Waals surface area contributed by atoms with E-state index in [9.17, 15) is 4.79 Å². The third kappa shape index (κ3) is 3.86. The highest BCUT2D eigenvalue weighted by atomic mass is 32.2. The zero-order valence-corrected chi connectivity index (χ0v) is 14.4. The number of carbonyl (C=O) groups is 1. The Balaban J connectivity index is 1.76. The van der Waals surface area contributed by atoms with E-state index < -0.39 is 0 Å². The number of carbonyl (C=O) groups excluding carboxylic acids is 1. The van der Waals surface area contributed by atoms with Gasteiger partial charge in [-0.15, -0.1) is 0 Å². The molecule has 3 rings (SSSR count). The van der Waals surface area contributed by atoms with Crippen molar-refractivity contribution in [3.8, 4) is 5.75 Å². The van der Waals surface area contributed by atoms with Crippen molar-refractivity contribution in [2.24, 2.45) is 4.99 Å². The first-order valence-corrected chi connectivity index (χ1v) is 8.52. The monoisotopic (exact) mass is 338 g/mol. The van der Waals surface area contributed by atoms with Crippen molar-refractivity contribution >= 4 is 34.6 Å². The van der Waals surface area contributed by atoms with Crippen molar-refractivity contribution < 1.29 is 9.53 Å². The third-order valence-corrected chi connectivity index (χ3v) is 4.55. The molecule has 1 fully saturated rings. The van der Waals surface area contributed by atoms with Crippen molar-refractivity contribution in [1.82, 2.24) is 5.32 Å². The summed E-state index contributed by atoms with van der Waals surface area (Å²) in [5.74, 6) is 0.657. The summed E-state index contributed by atoms with van der Waals surface area (Å²) in [6, 6.07) is 15.6. The van der Waals surface area contributed by atoms with Gasteiger partial charge in [0.05, 0.1) is 17.7 Å². The summed E-state index contributed by atoms with van der Waals surface area (Å²) in [5.41, 5.74) is 3.06. The topological polar surface area (TPSA) is 50.7 Å². The Morgan fingerprint density at radius 2 is 1.83 bits per heavy atom. The number of hydrogen-bond donors (Lipinski definition) is 1. The summed E-state index contributed by atoms with van der Waals surface area (Å²) < 4.78 is 5.12. The second-order valence-electron chi connectivity index (χ2n) is 5.27. The Kier molecular flexibility index (Phi) is 5.01. The Labute approximate surface area is 145 Å². The molecule has 122 valence electrons. The number of nitrogens with one attached hydrogen (secondary N) is 1. The smallest absolute Gasteiger partial charge is 0.264 e. The first kappa shape index (κ1) is 16.3. The molecule has 2 aromatic carbocycles. The largest absolute Gasteiger partial charge is 0.497 e. The highest BCUT2D eigenvalue weighted by molar-refractivity contribution is 8.18. The van der Waals surface area contributed by atoms with E-state index in [1.165, 1.54) is 17.3 Å². The molecule has 2 aromatic rings.